The predicted molar refractivity (Wildman–Crippen MR) is 79.9 cm³/mol. The number of aliphatic carboxylic acids is 1. The lowest BCUT2D eigenvalue weighted by atomic mass is 9.93. The van der Waals surface area contributed by atoms with Crippen LogP contribution in [0, 0.1) is 5.92 Å². The first kappa shape index (κ1) is 15.8. The zero-order valence-corrected chi connectivity index (χ0v) is 12.8. The summed E-state index contributed by atoms with van der Waals surface area (Å²) in [6, 6.07) is 6.89. The molecule has 0 spiro atoms. The van der Waals surface area contributed by atoms with Crippen LogP contribution in [0.25, 0.3) is 0 Å². The van der Waals surface area contributed by atoms with Crippen LogP contribution in [0.3, 0.4) is 0 Å². The first-order valence-electron chi connectivity index (χ1n) is 6.93. The molecular weight excluding hydrogens is 292 g/mol. The van der Waals surface area contributed by atoms with Crippen molar-refractivity contribution < 1.29 is 18.3 Å². The molecule has 1 heterocycles. The highest BCUT2D eigenvalue weighted by Gasteiger charge is 2.25. The summed E-state index contributed by atoms with van der Waals surface area (Å²) < 4.78 is 26.5. The maximum atomic E-state index is 12.1. The Hall–Kier alpha value is -1.60. The maximum absolute atomic E-state index is 12.1. The van der Waals surface area contributed by atoms with Crippen molar-refractivity contribution in [3.05, 3.63) is 24.3 Å². The average molecular weight is 312 g/mol. The molecule has 1 aliphatic heterocycles. The summed E-state index contributed by atoms with van der Waals surface area (Å²) in [5.41, 5.74) is 0.681. The molecule has 7 heteroatoms. The summed E-state index contributed by atoms with van der Waals surface area (Å²) in [6.07, 6.45) is 1.71. The van der Waals surface area contributed by atoms with Crippen molar-refractivity contribution in [2.24, 2.45) is 5.92 Å². The number of piperidine rings is 1. The minimum absolute atomic E-state index is 0.173. The molecule has 2 N–H and O–H groups in total. The van der Waals surface area contributed by atoms with Crippen LogP contribution in [-0.2, 0) is 14.8 Å². The number of carboxylic acids is 1. The summed E-state index contributed by atoms with van der Waals surface area (Å²) in [4.78, 5) is 13.0. The Bertz CT molecular complexity index is 607. The smallest absolute Gasteiger partial charge is 0.303 e. The highest BCUT2D eigenvalue weighted by Crippen LogP contribution is 2.29. The molecule has 0 unspecified atom stereocenters. The SMILES string of the molecule is CNS(=O)(=O)c1ccccc1N1CCC(CC(=O)O)CC1. The van der Waals surface area contributed by atoms with E-state index in [1.807, 2.05) is 11.0 Å². The van der Waals surface area contributed by atoms with Gasteiger partial charge in [0.1, 0.15) is 4.90 Å². The van der Waals surface area contributed by atoms with E-state index in [1.165, 1.54) is 7.05 Å². The monoisotopic (exact) mass is 312 g/mol. The van der Waals surface area contributed by atoms with E-state index in [9.17, 15) is 13.2 Å². The molecule has 1 fully saturated rings. The van der Waals surface area contributed by atoms with Crippen LogP contribution in [0.2, 0.25) is 0 Å². The number of sulfonamides is 1. The number of rotatable bonds is 5. The van der Waals surface area contributed by atoms with Crippen LogP contribution in [0.5, 0.6) is 0 Å². The molecule has 1 aliphatic rings. The van der Waals surface area contributed by atoms with Gasteiger partial charge >= 0.3 is 5.97 Å². The molecule has 0 radical (unpaired) electrons. The predicted octanol–water partition coefficient (Wildman–Crippen LogP) is 1.29. The molecule has 6 nitrogen and oxygen atoms in total. The highest BCUT2D eigenvalue weighted by atomic mass is 32.2. The normalized spacial score (nSPS) is 16.9. The molecule has 0 aliphatic carbocycles. The quantitative estimate of drug-likeness (QED) is 0.855. The molecule has 1 aromatic carbocycles. The van der Waals surface area contributed by atoms with Crippen LogP contribution in [0.1, 0.15) is 19.3 Å². The van der Waals surface area contributed by atoms with Crippen molar-refractivity contribution in [1.82, 2.24) is 4.72 Å². The second-order valence-electron chi connectivity index (χ2n) is 5.20. The molecular formula is C14H20N2O4S. The van der Waals surface area contributed by atoms with Gasteiger partial charge in [0.05, 0.1) is 5.69 Å². The van der Waals surface area contributed by atoms with Crippen molar-refractivity contribution in [2.45, 2.75) is 24.2 Å². The van der Waals surface area contributed by atoms with Gasteiger partial charge in [0.25, 0.3) is 0 Å². The van der Waals surface area contributed by atoms with E-state index in [0.717, 1.165) is 12.8 Å². The molecule has 0 atom stereocenters. The first-order chi connectivity index (χ1) is 9.94. The van der Waals surface area contributed by atoms with Gasteiger partial charge in [-0.15, -0.1) is 0 Å². The fourth-order valence-electron chi connectivity index (χ4n) is 2.68. The lowest BCUT2D eigenvalue weighted by Gasteiger charge is -2.34. The Morgan fingerprint density at radius 2 is 1.95 bits per heavy atom. The molecule has 2 rings (SSSR count). The molecule has 1 aromatic rings. The van der Waals surface area contributed by atoms with Gasteiger partial charge in [0.15, 0.2) is 0 Å². The summed E-state index contributed by atoms with van der Waals surface area (Å²) in [6.45, 7) is 1.35. The molecule has 116 valence electrons. The third kappa shape index (κ3) is 3.74. The van der Waals surface area contributed by atoms with Gasteiger partial charge in [0.2, 0.25) is 10.0 Å². The van der Waals surface area contributed by atoms with Gasteiger partial charge in [-0.05, 0) is 37.9 Å². The summed E-state index contributed by atoms with van der Waals surface area (Å²) >= 11 is 0. The van der Waals surface area contributed by atoms with Gasteiger partial charge < -0.3 is 10.0 Å². The van der Waals surface area contributed by atoms with E-state index < -0.39 is 16.0 Å². The van der Waals surface area contributed by atoms with E-state index in [-0.39, 0.29) is 17.2 Å². The number of hydrogen-bond acceptors (Lipinski definition) is 4. The zero-order chi connectivity index (χ0) is 15.5. The number of benzene rings is 1. The van der Waals surface area contributed by atoms with Gasteiger partial charge in [0, 0.05) is 19.5 Å². The largest absolute Gasteiger partial charge is 0.481 e. The van der Waals surface area contributed by atoms with E-state index in [0.29, 0.717) is 18.8 Å². The van der Waals surface area contributed by atoms with Gasteiger partial charge in [-0.3, -0.25) is 4.79 Å². The van der Waals surface area contributed by atoms with E-state index in [2.05, 4.69) is 4.72 Å². The average Bonchev–Trinajstić information content (AvgIpc) is 2.47. The Kier molecular flexibility index (Phi) is 4.84. The van der Waals surface area contributed by atoms with Crippen molar-refractivity contribution in [2.75, 3.05) is 25.0 Å². The molecule has 21 heavy (non-hydrogen) atoms. The van der Waals surface area contributed by atoms with Gasteiger partial charge in [-0.1, -0.05) is 12.1 Å². The van der Waals surface area contributed by atoms with Crippen LogP contribution < -0.4 is 9.62 Å². The Morgan fingerprint density at radius 3 is 2.52 bits per heavy atom. The van der Waals surface area contributed by atoms with E-state index in [4.69, 9.17) is 5.11 Å². The number of nitrogens with zero attached hydrogens (tertiary/aromatic N) is 1. The van der Waals surface area contributed by atoms with Gasteiger partial charge in [-0.2, -0.15) is 0 Å². The topological polar surface area (TPSA) is 86.7 Å². The number of para-hydroxylation sites is 1. The maximum Gasteiger partial charge on any atom is 0.303 e. The molecule has 0 amide bonds. The number of hydrogen-bond donors (Lipinski definition) is 2. The fraction of sp³-hybridized carbons (Fsp3) is 0.500. The number of anilines is 1. The van der Waals surface area contributed by atoms with Crippen LogP contribution in [-0.4, -0.2) is 39.6 Å². The number of carboxylic acid groups (broad SMARTS) is 1. The molecule has 0 bridgehead atoms. The van der Waals surface area contributed by atoms with Crippen LogP contribution in [0.4, 0.5) is 5.69 Å². The van der Waals surface area contributed by atoms with Crippen molar-refractivity contribution in [3.63, 3.8) is 0 Å². The van der Waals surface area contributed by atoms with Crippen LogP contribution >= 0.6 is 0 Å². The fourth-order valence-corrected chi connectivity index (χ4v) is 3.63. The molecule has 0 aromatic heterocycles. The summed E-state index contributed by atoms with van der Waals surface area (Å²) in [5, 5.41) is 8.83. The van der Waals surface area contributed by atoms with Crippen LogP contribution in [0.15, 0.2) is 29.2 Å². The Balaban J connectivity index is 2.16. The van der Waals surface area contributed by atoms with Crippen molar-refractivity contribution >= 4 is 21.7 Å². The third-order valence-electron chi connectivity index (χ3n) is 3.84. The first-order valence-corrected chi connectivity index (χ1v) is 8.41. The number of carbonyl (C=O) groups is 1. The highest BCUT2D eigenvalue weighted by molar-refractivity contribution is 7.89. The second-order valence-corrected chi connectivity index (χ2v) is 7.06. The summed E-state index contributed by atoms with van der Waals surface area (Å²) in [7, 11) is -2.10. The zero-order valence-electron chi connectivity index (χ0n) is 11.9. The lowest BCUT2D eigenvalue weighted by molar-refractivity contribution is -0.138. The Labute approximate surface area is 124 Å². The lowest BCUT2D eigenvalue weighted by Crippen LogP contribution is -2.35. The minimum Gasteiger partial charge on any atom is -0.481 e. The Morgan fingerprint density at radius 1 is 1.33 bits per heavy atom. The standard InChI is InChI=1S/C14H20N2O4S/c1-15-21(19,20)13-5-3-2-4-12(13)16-8-6-11(7-9-16)10-14(17)18/h2-5,11,15H,6-10H2,1H3,(H,17,18). The van der Waals surface area contributed by atoms with Crippen molar-refractivity contribution in [3.8, 4) is 0 Å². The van der Waals surface area contributed by atoms with E-state index in [1.54, 1.807) is 18.2 Å². The minimum atomic E-state index is -3.50. The summed E-state index contributed by atoms with van der Waals surface area (Å²) in [5.74, 6) is -0.599. The molecule has 1 saturated heterocycles. The third-order valence-corrected chi connectivity index (χ3v) is 5.30. The van der Waals surface area contributed by atoms with Crippen molar-refractivity contribution in [1.29, 1.82) is 0 Å². The van der Waals surface area contributed by atoms with Gasteiger partial charge in [-0.25, -0.2) is 13.1 Å². The number of nitrogens with one attached hydrogen (secondary N) is 1. The van der Waals surface area contributed by atoms with E-state index >= 15 is 0 Å². The molecule has 0 saturated carbocycles. The second kappa shape index (κ2) is 6.44.